The third kappa shape index (κ3) is 2.49. The van der Waals surface area contributed by atoms with Gasteiger partial charge in [-0.2, -0.15) is 5.26 Å². The summed E-state index contributed by atoms with van der Waals surface area (Å²) < 4.78 is 4.27. The van der Waals surface area contributed by atoms with Crippen molar-refractivity contribution in [2.45, 2.75) is 13.1 Å². The van der Waals surface area contributed by atoms with Crippen LogP contribution in [0.5, 0.6) is 0 Å². The third-order valence-corrected chi connectivity index (χ3v) is 4.20. The van der Waals surface area contributed by atoms with Gasteiger partial charge in [-0.25, -0.2) is 9.78 Å². The molecule has 0 amide bonds. The van der Waals surface area contributed by atoms with Gasteiger partial charge in [0.15, 0.2) is 15.9 Å². The Labute approximate surface area is 139 Å². The molecular weight excluding hydrogens is 362 g/mol. The van der Waals surface area contributed by atoms with Crippen LogP contribution in [-0.4, -0.2) is 18.7 Å². The molecule has 0 aliphatic rings. The fourth-order valence-corrected chi connectivity index (χ4v) is 2.94. The average Bonchev–Trinajstić information content (AvgIpc) is 2.88. The van der Waals surface area contributed by atoms with Crippen molar-refractivity contribution in [3.8, 4) is 6.07 Å². The van der Waals surface area contributed by atoms with E-state index in [9.17, 15) is 9.59 Å². The van der Waals surface area contributed by atoms with Crippen molar-refractivity contribution in [1.29, 1.82) is 5.26 Å². The summed E-state index contributed by atoms with van der Waals surface area (Å²) in [6, 6.07) is 11.2. The van der Waals surface area contributed by atoms with E-state index in [1.807, 2.05) is 36.4 Å². The maximum atomic E-state index is 12.8. The van der Waals surface area contributed by atoms with Crippen LogP contribution in [-0.2, 0) is 20.1 Å². The fraction of sp³-hybridized carbons (Fsp3) is 0.200. The minimum Gasteiger partial charge on any atom is -0.299 e. The van der Waals surface area contributed by atoms with Crippen molar-refractivity contribution in [3.05, 3.63) is 61.5 Å². The van der Waals surface area contributed by atoms with Crippen LogP contribution in [0, 0.1) is 11.3 Å². The molecule has 2 aromatic heterocycles. The lowest BCUT2D eigenvalue weighted by molar-refractivity contribution is 0.654. The van der Waals surface area contributed by atoms with Gasteiger partial charge in [0.05, 0.1) is 12.6 Å². The van der Waals surface area contributed by atoms with Gasteiger partial charge in [-0.15, -0.1) is 0 Å². The first-order chi connectivity index (χ1) is 11.0. The summed E-state index contributed by atoms with van der Waals surface area (Å²) in [7, 11) is 1.56. The van der Waals surface area contributed by atoms with Crippen LogP contribution in [0.1, 0.15) is 5.56 Å². The lowest BCUT2D eigenvalue weighted by atomic mass is 10.2. The number of fused-ring (bicyclic) bond motifs is 1. The quantitative estimate of drug-likeness (QED) is 0.646. The van der Waals surface area contributed by atoms with Crippen molar-refractivity contribution >= 4 is 27.1 Å². The molecule has 2 heterocycles. The predicted molar refractivity (Wildman–Crippen MR) is 88.1 cm³/mol. The molecule has 0 saturated heterocycles. The minimum absolute atomic E-state index is 0.0319. The van der Waals surface area contributed by atoms with Crippen LogP contribution in [0.25, 0.3) is 11.2 Å². The lowest BCUT2D eigenvalue weighted by Crippen LogP contribution is -2.39. The molecular formula is C15H12BrN5O2. The number of benzene rings is 1. The number of hydrogen-bond donors (Lipinski definition) is 0. The monoisotopic (exact) mass is 373 g/mol. The average molecular weight is 374 g/mol. The van der Waals surface area contributed by atoms with Gasteiger partial charge < -0.3 is 0 Å². The molecule has 3 aromatic rings. The van der Waals surface area contributed by atoms with Crippen molar-refractivity contribution < 1.29 is 0 Å². The first-order valence-electron chi connectivity index (χ1n) is 6.81. The van der Waals surface area contributed by atoms with Gasteiger partial charge in [0.1, 0.15) is 6.54 Å². The number of aromatic nitrogens is 4. The highest BCUT2D eigenvalue weighted by Crippen LogP contribution is 2.15. The molecule has 0 unspecified atom stereocenters. The van der Waals surface area contributed by atoms with Crippen molar-refractivity contribution in [3.63, 3.8) is 0 Å². The summed E-state index contributed by atoms with van der Waals surface area (Å²) in [4.78, 5) is 29.4. The van der Waals surface area contributed by atoms with E-state index in [1.54, 1.807) is 7.05 Å². The third-order valence-electron chi connectivity index (χ3n) is 3.60. The van der Waals surface area contributed by atoms with Gasteiger partial charge in [-0.05, 0) is 21.5 Å². The fourth-order valence-electron chi connectivity index (χ4n) is 2.47. The molecule has 8 heteroatoms. The molecule has 23 heavy (non-hydrogen) atoms. The van der Waals surface area contributed by atoms with Crippen molar-refractivity contribution in [1.82, 2.24) is 18.7 Å². The zero-order valence-electron chi connectivity index (χ0n) is 12.2. The molecule has 0 fully saturated rings. The Morgan fingerprint density at radius 2 is 1.91 bits per heavy atom. The number of aryl methyl sites for hydroxylation is 1. The first-order valence-corrected chi connectivity index (χ1v) is 7.60. The number of halogens is 1. The van der Waals surface area contributed by atoms with Gasteiger partial charge >= 0.3 is 5.69 Å². The number of imidazole rings is 1. The summed E-state index contributed by atoms with van der Waals surface area (Å²) >= 11 is 3.23. The zero-order chi connectivity index (χ0) is 16.6. The van der Waals surface area contributed by atoms with E-state index < -0.39 is 11.2 Å². The number of hydrogen-bond acceptors (Lipinski definition) is 4. The molecule has 0 N–H and O–H groups in total. The molecule has 116 valence electrons. The van der Waals surface area contributed by atoms with E-state index >= 15 is 0 Å². The Balaban J connectivity index is 2.31. The van der Waals surface area contributed by atoms with E-state index in [4.69, 9.17) is 5.26 Å². The Kier molecular flexibility index (Phi) is 3.88. The SMILES string of the molecule is Cn1c(=O)n(Cc2ccccc2)c(=O)c2c1nc(Br)n2CC#N. The van der Waals surface area contributed by atoms with Crippen LogP contribution in [0.2, 0.25) is 0 Å². The second-order valence-electron chi connectivity index (χ2n) is 5.02. The smallest absolute Gasteiger partial charge is 0.299 e. The van der Waals surface area contributed by atoms with E-state index in [0.717, 1.165) is 10.1 Å². The van der Waals surface area contributed by atoms with Gasteiger partial charge in [0.2, 0.25) is 0 Å². The molecule has 0 aliphatic heterocycles. The number of nitrogens with zero attached hydrogens (tertiary/aromatic N) is 5. The van der Waals surface area contributed by atoms with Crippen LogP contribution in [0.15, 0.2) is 44.7 Å². The maximum Gasteiger partial charge on any atom is 0.332 e. The largest absolute Gasteiger partial charge is 0.332 e. The van der Waals surface area contributed by atoms with Crippen LogP contribution in [0.4, 0.5) is 0 Å². The van der Waals surface area contributed by atoms with E-state index in [0.29, 0.717) is 4.73 Å². The Morgan fingerprint density at radius 3 is 2.57 bits per heavy atom. The summed E-state index contributed by atoms with van der Waals surface area (Å²) in [6.45, 7) is 0.132. The predicted octanol–water partition coefficient (Wildman–Crippen LogP) is 1.23. The molecule has 0 atom stereocenters. The molecule has 0 radical (unpaired) electrons. The van der Waals surface area contributed by atoms with Crippen LogP contribution >= 0.6 is 15.9 Å². The van der Waals surface area contributed by atoms with Gasteiger partial charge in [-0.3, -0.25) is 18.5 Å². The molecule has 0 saturated carbocycles. The normalized spacial score (nSPS) is 10.8. The van der Waals surface area contributed by atoms with Crippen LogP contribution < -0.4 is 11.2 Å². The summed E-state index contributed by atoms with van der Waals surface area (Å²) in [6.07, 6.45) is 0. The topological polar surface area (TPSA) is 85.6 Å². The maximum absolute atomic E-state index is 12.8. The summed E-state index contributed by atoms with van der Waals surface area (Å²) in [5, 5.41) is 8.94. The highest BCUT2D eigenvalue weighted by atomic mass is 79.9. The Morgan fingerprint density at radius 1 is 1.22 bits per heavy atom. The zero-order valence-corrected chi connectivity index (χ0v) is 13.8. The van der Waals surface area contributed by atoms with Gasteiger partial charge in [0.25, 0.3) is 5.56 Å². The van der Waals surface area contributed by atoms with E-state index in [2.05, 4.69) is 20.9 Å². The molecule has 0 aliphatic carbocycles. The Bertz CT molecular complexity index is 1040. The summed E-state index contributed by atoms with van der Waals surface area (Å²) in [5.41, 5.74) is 0.431. The number of rotatable bonds is 3. The first kappa shape index (κ1) is 15.2. The standard InChI is InChI=1S/C15H12BrN5O2/c1-19-12-11(20(8-7-17)14(16)18-12)13(22)21(15(19)23)9-10-5-3-2-4-6-10/h2-6H,8-9H2,1H3. The highest BCUT2D eigenvalue weighted by molar-refractivity contribution is 9.10. The molecule has 7 nitrogen and oxygen atoms in total. The number of nitriles is 1. The van der Waals surface area contributed by atoms with Crippen molar-refractivity contribution in [2.75, 3.05) is 0 Å². The van der Waals surface area contributed by atoms with E-state index in [-0.39, 0.29) is 24.3 Å². The highest BCUT2D eigenvalue weighted by Gasteiger charge is 2.19. The molecule has 1 aromatic carbocycles. The van der Waals surface area contributed by atoms with Gasteiger partial charge in [0, 0.05) is 7.05 Å². The summed E-state index contributed by atoms with van der Waals surface area (Å²) in [5.74, 6) is 0. The van der Waals surface area contributed by atoms with Crippen molar-refractivity contribution in [2.24, 2.45) is 7.05 Å². The molecule has 0 spiro atoms. The molecule has 3 rings (SSSR count). The van der Waals surface area contributed by atoms with E-state index in [1.165, 1.54) is 9.13 Å². The lowest BCUT2D eigenvalue weighted by Gasteiger charge is -2.09. The van der Waals surface area contributed by atoms with Crippen LogP contribution in [0.3, 0.4) is 0 Å². The second-order valence-corrected chi connectivity index (χ2v) is 5.73. The molecule has 0 bridgehead atoms. The Hall–Kier alpha value is -2.66. The minimum atomic E-state index is -0.458. The second kappa shape index (κ2) is 5.85. The van der Waals surface area contributed by atoms with Gasteiger partial charge in [-0.1, -0.05) is 30.3 Å².